The van der Waals surface area contributed by atoms with Crippen LogP contribution in [0.15, 0.2) is 23.4 Å². The van der Waals surface area contributed by atoms with Crippen LogP contribution in [-0.2, 0) is 14.5 Å². The van der Waals surface area contributed by atoms with Gasteiger partial charge < -0.3 is 5.73 Å². The van der Waals surface area contributed by atoms with Crippen LogP contribution in [-0.4, -0.2) is 15.0 Å². The molecule has 0 spiro atoms. The van der Waals surface area contributed by atoms with Crippen LogP contribution in [0.2, 0.25) is 0 Å². The Kier molecular flexibility index (Phi) is 7.03. The molecule has 0 aliphatic heterocycles. The lowest BCUT2D eigenvalue weighted by Gasteiger charge is -2.05. The SMILES string of the molecule is CC/C=C\C(CCCOS(N)(=O)=O)=C(/C)N. The van der Waals surface area contributed by atoms with Gasteiger partial charge >= 0.3 is 10.3 Å². The summed E-state index contributed by atoms with van der Waals surface area (Å²) in [7, 11) is -3.82. The molecule has 4 N–H and O–H groups in total. The van der Waals surface area contributed by atoms with E-state index in [1.807, 2.05) is 26.0 Å². The van der Waals surface area contributed by atoms with Crippen LogP contribution in [0.25, 0.3) is 0 Å². The lowest BCUT2D eigenvalue weighted by molar-refractivity contribution is 0.313. The van der Waals surface area contributed by atoms with Crippen LogP contribution in [0.1, 0.15) is 33.1 Å². The smallest absolute Gasteiger partial charge is 0.333 e. The highest BCUT2D eigenvalue weighted by molar-refractivity contribution is 7.84. The zero-order valence-electron chi connectivity index (χ0n) is 9.77. The molecule has 6 heteroatoms. The van der Waals surface area contributed by atoms with E-state index in [-0.39, 0.29) is 6.61 Å². The molecule has 0 aromatic heterocycles. The van der Waals surface area contributed by atoms with E-state index in [4.69, 9.17) is 10.9 Å². The predicted octanol–water partition coefficient (Wildman–Crippen LogP) is 1.19. The topological polar surface area (TPSA) is 95.4 Å². The van der Waals surface area contributed by atoms with E-state index in [0.717, 1.165) is 17.7 Å². The van der Waals surface area contributed by atoms with E-state index < -0.39 is 10.3 Å². The second-order valence-electron chi connectivity index (χ2n) is 3.44. The first-order chi connectivity index (χ1) is 7.37. The Morgan fingerprint density at radius 1 is 1.44 bits per heavy atom. The summed E-state index contributed by atoms with van der Waals surface area (Å²) in [6, 6.07) is 0. The number of hydrogen-bond donors (Lipinski definition) is 2. The van der Waals surface area contributed by atoms with Crippen molar-refractivity contribution in [2.75, 3.05) is 6.61 Å². The molecule has 0 aliphatic carbocycles. The fourth-order valence-electron chi connectivity index (χ4n) is 1.11. The minimum atomic E-state index is -3.82. The fourth-order valence-corrected chi connectivity index (χ4v) is 1.46. The standard InChI is InChI=1S/C10H20N2O3S/c1-3-4-6-10(9(2)11)7-5-8-15-16(12,13)14/h4,6H,3,5,7-8,11H2,1-2H3,(H2,12,13,14)/b6-4-,10-9-. The average molecular weight is 248 g/mol. The van der Waals surface area contributed by atoms with Gasteiger partial charge in [0.2, 0.25) is 0 Å². The molecule has 0 atom stereocenters. The Labute approximate surface area is 97.4 Å². The van der Waals surface area contributed by atoms with Gasteiger partial charge in [0.15, 0.2) is 0 Å². The van der Waals surface area contributed by atoms with Gasteiger partial charge in [0.1, 0.15) is 0 Å². The first kappa shape index (κ1) is 15.2. The highest BCUT2D eigenvalue weighted by Crippen LogP contribution is 2.10. The molecule has 0 saturated carbocycles. The molecule has 0 rings (SSSR count). The normalized spacial score (nSPS) is 14.2. The van der Waals surface area contributed by atoms with E-state index in [0.29, 0.717) is 12.8 Å². The molecule has 94 valence electrons. The van der Waals surface area contributed by atoms with Gasteiger partial charge in [0, 0.05) is 5.70 Å². The minimum Gasteiger partial charge on any atom is -0.402 e. The molecule has 0 aromatic carbocycles. The molecular weight excluding hydrogens is 228 g/mol. The van der Waals surface area contributed by atoms with Crippen LogP contribution in [0.4, 0.5) is 0 Å². The maximum atomic E-state index is 10.5. The molecule has 0 amide bonds. The first-order valence-electron chi connectivity index (χ1n) is 5.15. The van der Waals surface area contributed by atoms with Crippen molar-refractivity contribution in [2.45, 2.75) is 33.1 Å². The molecule has 0 fully saturated rings. The number of hydrogen-bond acceptors (Lipinski definition) is 4. The molecule has 0 unspecified atom stereocenters. The summed E-state index contributed by atoms with van der Waals surface area (Å²) in [5.74, 6) is 0. The van der Waals surface area contributed by atoms with Crippen LogP contribution >= 0.6 is 0 Å². The molecule has 0 heterocycles. The number of allylic oxidation sites excluding steroid dienone is 4. The number of rotatable bonds is 7. The molecule has 0 saturated heterocycles. The Morgan fingerprint density at radius 2 is 2.06 bits per heavy atom. The van der Waals surface area contributed by atoms with Crippen molar-refractivity contribution >= 4 is 10.3 Å². The quantitative estimate of drug-likeness (QED) is 0.522. The van der Waals surface area contributed by atoms with E-state index in [1.165, 1.54) is 0 Å². The van der Waals surface area contributed by atoms with E-state index >= 15 is 0 Å². The van der Waals surface area contributed by atoms with E-state index in [1.54, 1.807) is 0 Å². The van der Waals surface area contributed by atoms with Crippen molar-refractivity contribution in [3.8, 4) is 0 Å². The molecule has 0 radical (unpaired) electrons. The van der Waals surface area contributed by atoms with Crippen molar-refractivity contribution in [3.63, 3.8) is 0 Å². The molecule has 0 aliphatic rings. The van der Waals surface area contributed by atoms with Crippen molar-refractivity contribution in [3.05, 3.63) is 23.4 Å². The highest BCUT2D eigenvalue weighted by Gasteiger charge is 2.02. The summed E-state index contributed by atoms with van der Waals surface area (Å²) >= 11 is 0. The van der Waals surface area contributed by atoms with Gasteiger partial charge in [-0.05, 0) is 31.8 Å². The minimum absolute atomic E-state index is 0.0789. The third-order valence-corrected chi connectivity index (χ3v) is 2.39. The fraction of sp³-hybridized carbons (Fsp3) is 0.600. The first-order valence-corrected chi connectivity index (χ1v) is 6.63. The maximum absolute atomic E-state index is 10.5. The molecule has 0 bridgehead atoms. The third kappa shape index (κ3) is 8.46. The lowest BCUT2D eigenvalue weighted by Crippen LogP contribution is -2.16. The van der Waals surface area contributed by atoms with Crippen LogP contribution in [0.5, 0.6) is 0 Å². The molecule has 5 nitrogen and oxygen atoms in total. The van der Waals surface area contributed by atoms with Crippen molar-refractivity contribution < 1.29 is 12.6 Å². The van der Waals surface area contributed by atoms with Gasteiger partial charge in [-0.15, -0.1) is 0 Å². The molecule has 0 aromatic rings. The van der Waals surface area contributed by atoms with E-state index in [9.17, 15) is 8.42 Å². The van der Waals surface area contributed by atoms with Crippen molar-refractivity contribution in [1.82, 2.24) is 0 Å². The third-order valence-electron chi connectivity index (χ3n) is 1.90. The Morgan fingerprint density at radius 3 is 2.50 bits per heavy atom. The average Bonchev–Trinajstić information content (AvgIpc) is 2.14. The van der Waals surface area contributed by atoms with Crippen LogP contribution in [0, 0.1) is 0 Å². The Hall–Kier alpha value is -0.850. The Bertz CT molecular complexity index is 354. The summed E-state index contributed by atoms with van der Waals surface area (Å²) in [6.07, 6.45) is 6.13. The summed E-state index contributed by atoms with van der Waals surface area (Å²) in [4.78, 5) is 0. The van der Waals surface area contributed by atoms with Crippen LogP contribution < -0.4 is 10.9 Å². The second kappa shape index (κ2) is 7.43. The summed E-state index contributed by atoms with van der Waals surface area (Å²) < 4.78 is 25.4. The van der Waals surface area contributed by atoms with Gasteiger partial charge in [-0.2, -0.15) is 8.42 Å². The molecule has 16 heavy (non-hydrogen) atoms. The molecular formula is C10H20N2O3S. The predicted molar refractivity (Wildman–Crippen MR) is 64.6 cm³/mol. The Balaban J connectivity index is 4.07. The van der Waals surface area contributed by atoms with Gasteiger partial charge in [-0.25, -0.2) is 5.14 Å². The van der Waals surface area contributed by atoms with Gasteiger partial charge in [-0.3, -0.25) is 4.18 Å². The monoisotopic (exact) mass is 248 g/mol. The van der Waals surface area contributed by atoms with Gasteiger partial charge in [0.05, 0.1) is 6.61 Å². The summed E-state index contributed by atoms with van der Waals surface area (Å²) in [6.45, 7) is 3.93. The van der Waals surface area contributed by atoms with Crippen molar-refractivity contribution in [1.29, 1.82) is 0 Å². The van der Waals surface area contributed by atoms with Gasteiger partial charge in [-0.1, -0.05) is 19.1 Å². The number of nitrogens with two attached hydrogens (primary N) is 2. The van der Waals surface area contributed by atoms with Crippen LogP contribution in [0.3, 0.4) is 0 Å². The second-order valence-corrected chi connectivity index (χ2v) is 4.66. The maximum Gasteiger partial charge on any atom is 0.333 e. The zero-order valence-corrected chi connectivity index (χ0v) is 10.6. The highest BCUT2D eigenvalue weighted by atomic mass is 32.2. The lowest BCUT2D eigenvalue weighted by atomic mass is 10.1. The zero-order chi connectivity index (χ0) is 12.6. The largest absolute Gasteiger partial charge is 0.402 e. The summed E-state index contributed by atoms with van der Waals surface area (Å²) in [5.41, 5.74) is 7.43. The summed E-state index contributed by atoms with van der Waals surface area (Å²) in [5, 5.41) is 4.69. The van der Waals surface area contributed by atoms with Crippen molar-refractivity contribution in [2.24, 2.45) is 10.9 Å². The van der Waals surface area contributed by atoms with E-state index in [2.05, 4.69) is 4.18 Å². The van der Waals surface area contributed by atoms with Gasteiger partial charge in [0.25, 0.3) is 0 Å².